The predicted octanol–water partition coefficient (Wildman–Crippen LogP) is 3.26. The Labute approximate surface area is 108 Å². The highest BCUT2D eigenvalue weighted by molar-refractivity contribution is 5.88. The first-order valence-corrected chi connectivity index (χ1v) is 6.18. The van der Waals surface area contributed by atoms with Crippen molar-refractivity contribution in [2.24, 2.45) is 0 Å². The van der Waals surface area contributed by atoms with Crippen LogP contribution in [0, 0.1) is 0 Å². The Morgan fingerprint density at radius 1 is 1.22 bits per heavy atom. The highest BCUT2D eigenvalue weighted by Crippen LogP contribution is 2.24. The molecule has 0 heterocycles. The number of aliphatic hydroxyl groups is 1. The third-order valence-corrected chi connectivity index (χ3v) is 2.88. The minimum Gasteiger partial charge on any atom is -0.478 e. The van der Waals surface area contributed by atoms with Gasteiger partial charge in [0.15, 0.2) is 0 Å². The van der Waals surface area contributed by atoms with E-state index >= 15 is 0 Å². The largest absolute Gasteiger partial charge is 0.478 e. The molecule has 1 aromatic rings. The quantitative estimate of drug-likeness (QED) is 0.786. The molecule has 2 N–H and O–H groups in total. The lowest BCUT2D eigenvalue weighted by atomic mass is 9.96. The van der Waals surface area contributed by atoms with E-state index in [4.69, 9.17) is 5.11 Å². The zero-order chi connectivity index (χ0) is 13.7. The van der Waals surface area contributed by atoms with Crippen molar-refractivity contribution in [1.82, 2.24) is 0 Å². The van der Waals surface area contributed by atoms with Gasteiger partial charge in [-0.25, -0.2) is 4.79 Å². The summed E-state index contributed by atoms with van der Waals surface area (Å²) in [6, 6.07) is 7.42. The molecule has 0 saturated heterocycles. The SMILES string of the molecule is CCC=C(C(=O)O)C(O)c1ccc(C(C)C)cc1. The number of carbonyl (C=O) groups is 1. The van der Waals surface area contributed by atoms with Gasteiger partial charge in [0.1, 0.15) is 6.10 Å². The molecule has 0 radical (unpaired) electrons. The molecule has 0 aliphatic rings. The summed E-state index contributed by atoms with van der Waals surface area (Å²) in [5.74, 6) is -0.654. The fourth-order valence-electron chi connectivity index (χ4n) is 1.78. The lowest BCUT2D eigenvalue weighted by Crippen LogP contribution is -2.11. The zero-order valence-electron chi connectivity index (χ0n) is 11.1. The topological polar surface area (TPSA) is 57.5 Å². The molecule has 0 aliphatic carbocycles. The Morgan fingerprint density at radius 2 is 1.72 bits per heavy atom. The molecule has 1 rings (SSSR count). The van der Waals surface area contributed by atoms with E-state index in [-0.39, 0.29) is 5.57 Å². The number of carboxylic acids is 1. The van der Waals surface area contributed by atoms with Gasteiger partial charge in [-0.2, -0.15) is 0 Å². The van der Waals surface area contributed by atoms with E-state index in [0.717, 1.165) is 0 Å². The van der Waals surface area contributed by atoms with E-state index in [1.54, 1.807) is 18.2 Å². The summed E-state index contributed by atoms with van der Waals surface area (Å²) in [6.45, 7) is 6.02. The van der Waals surface area contributed by atoms with Crippen LogP contribution in [0.1, 0.15) is 50.3 Å². The third kappa shape index (κ3) is 3.44. The second-order valence-electron chi connectivity index (χ2n) is 4.60. The number of hydrogen-bond acceptors (Lipinski definition) is 2. The number of carboxylic acid groups (broad SMARTS) is 1. The maximum Gasteiger partial charge on any atom is 0.334 e. The van der Waals surface area contributed by atoms with Gasteiger partial charge in [0, 0.05) is 0 Å². The van der Waals surface area contributed by atoms with E-state index in [1.165, 1.54) is 5.56 Å². The number of allylic oxidation sites excluding steroid dienone is 1. The monoisotopic (exact) mass is 248 g/mol. The van der Waals surface area contributed by atoms with Gasteiger partial charge in [0.2, 0.25) is 0 Å². The van der Waals surface area contributed by atoms with Crippen molar-refractivity contribution in [2.45, 2.75) is 39.2 Å². The third-order valence-electron chi connectivity index (χ3n) is 2.88. The molecular formula is C15H20O3. The highest BCUT2D eigenvalue weighted by atomic mass is 16.4. The molecule has 1 aromatic carbocycles. The van der Waals surface area contributed by atoms with Crippen molar-refractivity contribution >= 4 is 5.97 Å². The van der Waals surface area contributed by atoms with Crippen LogP contribution in [0.3, 0.4) is 0 Å². The average molecular weight is 248 g/mol. The first-order chi connectivity index (χ1) is 8.47. The summed E-state index contributed by atoms with van der Waals surface area (Å²) in [7, 11) is 0. The smallest absolute Gasteiger partial charge is 0.334 e. The Bertz CT molecular complexity index is 430. The van der Waals surface area contributed by atoms with Gasteiger partial charge in [-0.05, 0) is 23.5 Å². The summed E-state index contributed by atoms with van der Waals surface area (Å²) >= 11 is 0. The molecule has 1 unspecified atom stereocenters. The van der Waals surface area contributed by atoms with Crippen molar-refractivity contribution in [1.29, 1.82) is 0 Å². The molecule has 98 valence electrons. The van der Waals surface area contributed by atoms with Crippen molar-refractivity contribution in [3.05, 3.63) is 47.0 Å². The molecule has 0 aromatic heterocycles. The van der Waals surface area contributed by atoms with Gasteiger partial charge < -0.3 is 10.2 Å². The first-order valence-electron chi connectivity index (χ1n) is 6.18. The van der Waals surface area contributed by atoms with Crippen molar-refractivity contribution in [2.75, 3.05) is 0 Å². The number of benzene rings is 1. The number of aliphatic carboxylic acids is 1. The van der Waals surface area contributed by atoms with E-state index < -0.39 is 12.1 Å². The van der Waals surface area contributed by atoms with E-state index in [9.17, 15) is 9.90 Å². The van der Waals surface area contributed by atoms with Crippen LogP contribution < -0.4 is 0 Å². The second-order valence-corrected chi connectivity index (χ2v) is 4.60. The molecular weight excluding hydrogens is 228 g/mol. The van der Waals surface area contributed by atoms with E-state index in [2.05, 4.69) is 13.8 Å². The molecule has 0 fully saturated rings. The predicted molar refractivity (Wildman–Crippen MR) is 71.5 cm³/mol. The average Bonchev–Trinajstić information content (AvgIpc) is 2.35. The van der Waals surface area contributed by atoms with Gasteiger partial charge in [0.25, 0.3) is 0 Å². The molecule has 0 bridgehead atoms. The van der Waals surface area contributed by atoms with Crippen LogP contribution in [-0.2, 0) is 4.79 Å². The fraction of sp³-hybridized carbons (Fsp3) is 0.400. The molecule has 18 heavy (non-hydrogen) atoms. The van der Waals surface area contributed by atoms with Crippen LogP contribution in [0.5, 0.6) is 0 Å². The molecule has 1 atom stereocenters. The second kappa shape index (κ2) is 6.36. The van der Waals surface area contributed by atoms with Crippen LogP contribution >= 0.6 is 0 Å². The Morgan fingerprint density at radius 3 is 2.11 bits per heavy atom. The Hall–Kier alpha value is -1.61. The number of rotatable bonds is 5. The summed E-state index contributed by atoms with van der Waals surface area (Å²) in [5.41, 5.74) is 1.82. The molecule has 3 heteroatoms. The normalized spacial score (nSPS) is 13.7. The number of aliphatic hydroxyl groups excluding tert-OH is 1. The highest BCUT2D eigenvalue weighted by Gasteiger charge is 2.19. The summed E-state index contributed by atoms with van der Waals surface area (Å²) in [4.78, 5) is 11.1. The Kier molecular flexibility index (Phi) is 5.10. The first kappa shape index (κ1) is 14.5. The van der Waals surface area contributed by atoms with Crippen molar-refractivity contribution in [3.63, 3.8) is 0 Å². The van der Waals surface area contributed by atoms with E-state index in [1.807, 2.05) is 19.1 Å². The minimum atomic E-state index is -1.07. The van der Waals surface area contributed by atoms with Crippen LogP contribution in [-0.4, -0.2) is 16.2 Å². The van der Waals surface area contributed by atoms with Gasteiger partial charge >= 0.3 is 5.97 Å². The van der Waals surface area contributed by atoms with Gasteiger partial charge in [-0.3, -0.25) is 0 Å². The maximum absolute atomic E-state index is 11.1. The lowest BCUT2D eigenvalue weighted by Gasteiger charge is -2.13. The molecule has 0 amide bonds. The van der Waals surface area contributed by atoms with Gasteiger partial charge in [-0.15, -0.1) is 0 Å². The van der Waals surface area contributed by atoms with Crippen LogP contribution in [0.25, 0.3) is 0 Å². The van der Waals surface area contributed by atoms with E-state index in [0.29, 0.717) is 17.9 Å². The molecule has 0 saturated carbocycles. The number of hydrogen-bond donors (Lipinski definition) is 2. The van der Waals surface area contributed by atoms with Crippen LogP contribution in [0.4, 0.5) is 0 Å². The molecule has 0 spiro atoms. The standard InChI is InChI=1S/C15H20O3/c1-4-5-13(15(17)18)14(16)12-8-6-11(7-9-12)10(2)3/h5-10,14,16H,4H2,1-3H3,(H,17,18). The van der Waals surface area contributed by atoms with Gasteiger partial charge in [-0.1, -0.05) is 51.1 Å². The van der Waals surface area contributed by atoms with Crippen LogP contribution in [0.15, 0.2) is 35.9 Å². The van der Waals surface area contributed by atoms with Crippen molar-refractivity contribution in [3.8, 4) is 0 Å². The molecule has 0 aliphatic heterocycles. The maximum atomic E-state index is 11.1. The fourth-order valence-corrected chi connectivity index (χ4v) is 1.78. The minimum absolute atomic E-state index is 0.0368. The summed E-state index contributed by atoms with van der Waals surface area (Å²) in [6.07, 6.45) is 1.07. The molecule has 3 nitrogen and oxygen atoms in total. The Balaban J connectivity index is 2.99. The van der Waals surface area contributed by atoms with Crippen molar-refractivity contribution < 1.29 is 15.0 Å². The zero-order valence-corrected chi connectivity index (χ0v) is 11.1. The summed E-state index contributed by atoms with van der Waals surface area (Å²) in [5, 5.41) is 19.1. The van der Waals surface area contributed by atoms with Crippen LogP contribution in [0.2, 0.25) is 0 Å². The van der Waals surface area contributed by atoms with Gasteiger partial charge in [0.05, 0.1) is 5.57 Å². The lowest BCUT2D eigenvalue weighted by molar-refractivity contribution is -0.133. The summed E-state index contributed by atoms with van der Waals surface area (Å²) < 4.78 is 0.